The molecule has 0 heterocycles. The Bertz CT molecular complexity index is 769. The topological polar surface area (TPSA) is 12.5 Å². The highest BCUT2D eigenvalue weighted by Gasteiger charge is 2.04. The Morgan fingerprint density at radius 2 is 1.40 bits per heavy atom. The van der Waals surface area contributed by atoms with Crippen LogP contribution in [-0.2, 0) is 6.42 Å². The fraction of sp³-hybridized carbons (Fsp3) is 0.182. The maximum Gasteiger partial charge on any atom is 0.118 e. The number of nitrogens with zero attached hydrogens (tertiary/aromatic N) is 1. The van der Waals surface area contributed by atoms with Gasteiger partial charge in [-0.1, -0.05) is 54.6 Å². The third-order valence-electron chi connectivity index (χ3n) is 4.10. The van der Waals surface area contributed by atoms with Gasteiger partial charge in [0.2, 0.25) is 0 Å². The van der Waals surface area contributed by atoms with Gasteiger partial charge in [0.1, 0.15) is 5.75 Å². The Balaban J connectivity index is 1.56. The number of hydrogen-bond donors (Lipinski definition) is 0. The minimum Gasteiger partial charge on any atom is -0.497 e. The van der Waals surface area contributed by atoms with E-state index in [1.54, 1.807) is 19.1 Å². The number of rotatable bonds is 7. The van der Waals surface area contributed by atoms with Crippen LogP contribution in [0.2, 0.25) is 0 Å². The molecular weight excluding hydrogens is 326 g/mol. The second-order valence-corrected chi connectivity index (χ2v) is 7.21. The van der Waals surface area contributed by atoms with E-state index in [0.29, 0.717) is 0 Å². The molecule has 0 radical (unpaired) electrons. The molecule has 0 aliphatic carbocycles. The van der Waals surface area contributed by atoms with Crippen molar-refractivity contribution in [2.45, 2.75) is 11.3 Å². The van der Waals surface area contributed by atoms with Gasteiger partial charge in [-0.15, -0.1) is 0 Å². The van der Waals surface area contributed by atoms with Gasteiger partial charge in [-0.05, 0) is 66.4 Å². The van der Waals surface area contributed by atoms with Gasteiger partial charge in [-0.25, -0.2) is 4.31 Å². The van der Waals surface area contributed by atoms with Crippen LogP contribution in [0.25, 0.3) is 11.1 Å². The molecule has 0 saturated heterocycles. The summed E-state index contributed by atoms with van der Waals surface area (Å²) < 4.78 is 7.50. The van der Waals surface area contributed by atoms with E-state index in [0.717, 1.165) is 18.7 Å². The molecule has 0 amide bonds. The SMILES string of the molecule is COc1ccc(-c2ccc(SN(C)CCc3ccccc3)cc2)cc1. The second kappa shape index (κ2) is 8.75. The van der Waals surface area contributed by atoms with Crippen LogP contribution in [0.15, 0.2) is 83.8 Å². The van der Waals surface area contributed by atoms with E-state index < -0.39 is 0 Å². The van der Waals surface area contributed by atoms with Crippen LogP contribution >= 0.6 is 11.9 Å². The van der Waals surface area contributed by atoms with Crippen LogP contribution in [0.3, 0.4) is 0 Å². The first-order valence-corrected chi connectivity index (χ1v) is 9.19. The lowest BCUT2D eigenvalue weighted by atomic mass is 10.1. The van der Waals surface area contributed by atoms with Gasteiger partial charge >= 0.3 is 0 Å². The highest BCUT2D eigenvalue weighted by Crippen LogP contribution is 2.27. The molecule has 3 heteroatoms. The predicted molar refractivity (Wildman–Crippen MR) is 107 cm³/mol. The minimum absolute atomic E-state index is 0.885. The summed E-state index contributed by atoms with van der Waals surface area (Å²) in [6.45, 7) is 1.02. The highest BCUT2D eigenvalue weighted by molar-refractivity contribution is 7.97. The van der Waals surface area contributed by atoms with Crippen LogP contribution in [0.1, 0.15) is 5.56 Å². The summed E-state index contributed by atoms with van der Waals surface area (Å²) in [6.07, 6.45) is 1.06. The first-order chi connectivity index (χ1) is 12.2. The van der Waals surface area contributed by atoms with E-state index in [1.807, 2.05) is 12.1 Å². The summed E-state index contributed by atoms with van der Waals surface area (Å²) in [5.74, 6) is 0.885. The lowest BCUT2D eigenvalue weighted by molar-refractivity contribution is 0.415. The molecule has 0 bridgehead atoms. The summed E-state index contributed by atoms with van der Waals surface area (Å²) >= 11 is 1.79. The lowest BCUT2D eigenvalue weighted by Gasteiger charge is -2.15. The van der Waals surface area contributed by atoms with Gasteiger partial charge in [0.15, 0.2) is 0 Å². The number of likely N-dealkylation sites (N-methyl/N-ethyl adjacent to an activating group) is 1. The molecule has 0 aromatic heterocycles. The average molecular weight is 349 g/mol. The Morgan fingerprint density at radius 3 is 2.00 bits per heavy atom. The largest absolute Gasteiger partial charge is 0.497 e. The maximum absolute atomic E-state index is 5.21. The summed E-state index contributed by atoms with van der Waals surface area (Å²) in [5, 5.41) is 0. The summed E-state index contributed by atoms with van der Waals surface area (Å²) in [6, 6.07) is 27.5. The number of benzene rings is 3. The zero-order chi connectivity index (χ0) is 17.5. The molecule has 25 heavy (non-hydrogen) atoms. The van der Waals surface area contributed by atoms with Crippen molar-refractivity contribution in [3.05, 3.63) is 84.4 Å². The number of methoxy groups -OCH3 is 1. The van der Waals surface area contributed by atoms with E-state index >= 15 is 0 Å². The molecule has 0 aliphatic rings. The minimum atomic E-state index is 0.885. The molecule has 3 aromatic carbocycles. The Morgan fingerprint density at radius 1 is 0.800 bits per heavy atom. The monoisotopic (exact) mass is 349 g/mol. The Labute approximate surface area is 154 Å². The Kier molecular flexibility index (Phi) is 6.15. The molecule has 0 unspecified atom stereocenters. The van der Waals surface area contributed by atoms with E-state index in [-0.39, 0.29) is 0 Å². The molecular formula is C22H23NOS. The molecule has 128 valence electrons. The van der Waals surface area contributed by atoms with Crippen LogP contribution in [0.5, 0.6) is 5.75 Å². The quantitative estimate of drug-likeness (QED) is 0.519. The van der Waals surface area contributed by atoms with Crippen molar-refractivity contribution < 1.29 is 4.74 Å². The smallest absolute Gasteiger partial charge is 0.118 e. The summed E-state index contributed by atoms with van der Waals surface area (Å²) in [4.78, 5) is 1.26. The molecule has 0 spiro atoms. The molecule has 2 nitrogen and oxygen atoms in total. The van der Waals surface area contributed by atoms with Gasteiger partial charge in [-0.3, -0.25) is 0 Å². The van der Waals surface area contributed by atoms with Crippen molar-refractivity contribution in [3.63, 3.8) is 0 Å². The van der Waals surface area contributed by atoms with Gasteiger partial charge in [0.05, 0.1) is 7.11 Å². The van der Waals surface area contributed by atoms with E-state index in [1.165, 1.54) is 21.6 Å². The zero-order valence-electron chi connectivity index (χ0n) is 14.7. The maximum atomic E-state index is 5.21. The van der Waals surface area contributed by atoms with E-state index in [2.05, 4.69) is 78.1 Å². The van der Waals surface area contributed by atoms with Crippen molar-refractivity contribution >= 4 is 11.9 Å². The van der Waals surface area contributed by atoms with Crippen LogP contribution < -0.4 is 4.74 Å². The van der Waals surface area contributed by atoms with Crippen LogP contribution in [0, 0.1) is 0 Å². The average Bonchev–Trinajstić information content (AvgIpc) is 2.68. The number of ether oxygens (including phenoxy) is 1. The van der Waals surface area contributed by atoms with Crippen molar-refractivity contribution in [1.29, 1.82) is 0 Å². The standard InChI is InChI=1S/C22H23NOS/c1-23(17-16-18-6-4-3-5-7-18)25-22-14-10-20(11-15-22)19-8-12-21(24-2)13-9-19/h3-15H,16-17H2,1-2H3. The van der Waals surface area contributed by atoms with Crippen LogP contribution in [0.4, 0.5) is 0 Å². The molecule has 3 aromatic rings. The Hall–Kier alpha value is -2.23. The summed E-state index contributed by atoms with van der Waals surface area (Å²) in [5.41, 5.74) is 3.80. The molecule has 3 rings (SSSR count). The lowest BCUT2D eigenvalue weighted by Crippen LogP contribution is -2.12. The zero-order valence-corrected chi connectivity index (χ0v) is 15.5. The first kappa shape index (κ1) is 17.6. The van der Waals surface area contributed by atoms with Crippen LogP contribution in [-0.4, -0.2) is 25.0 Å². The fourth-order valence-electron chi connectivity index (χ4n) is 2.65. The second-order valence-electron chi connectivity index (χ2n) is 5.93. The van der Waals surface area contributed by atoms with E-state index in [4.69, 9.17) is 4.74 Å². The van der Waals surface area contributed by atoms with Gasteiger partial charge in [0.25, 0.3) is 0 Å². The molecule has 0 saturated carbocycles. The van der Waals surface area contributed by atoms with E-state index in [9.17, 15) is 0 Å². The summed E-state index contributed by atoms with van der Waals surface area (Å²) in [7, 11) is 3.83. The molecule has 0 fully saturated rings. The van der Waals surface area contributed by atoms with Gasteiger partial charge in [-0.2, -0.15) is 0 Å². The normalized spacial score (nSPS) is 10.8. The number of hydrogen-bond acceptors (Lipinski definition) is 3. The predicted octanol–water partition coefficient (Wildman–Crippen LogP) is 5.54. The van der Waals surface area contributed by atoms with Gasteiger partial charge < -0.3 is 4.74 Å². The van der Waals surface area contributed by atoms with Crippen molar-refractivity contribution in [2.75, 3.05) is 20.7 Å². The van der Waals surface area contributed by atoms with Crippen molar-refractivity contribution in [2.24, 2.45) is 0 Å². The van der Waals surface area contributed by atoms with Gasteiger partial charge in [0, 0.05) is 11.4 Å². The molecule has 0 aliphatic heterocycles. The third kappa shape index (κ3) is 5.12. The highest BCUT2D eigenvalue weighted by atomic mass is 32.2. The van der Waals surface area contributed by atoms with Crippen molar-refractivity contribution in [1.82, 2.24) is 4.31 Å². The first-order valence-electron chi connectivity index (χ1n) is 8.42. The third-order valence-corrected chi connectivity index (χ3v) is 5.07. The fourth-order valence-corrected chi connectivity index (χ4v) is 3.45. The molecule has 0 N–H and O–H groups in total. The van der Waals surface area contributed by atoms with Crippen molar-refractivity contribution in [3.8, 4) is 16.9 Å². The molecule has 0 atom stereocenters.